The Hall–Kier alpha value is -1.71. The van der Waals surface area contributed by atoms with Gasteiger partial charge in [0.05, 0.1) is 6.61 Å². The normalized spacial score (nSPS) is 12.3. The third-order valence-electron chi connectivity index (χ3n) is 3.44. The van der Waals surface area contributed by atoms with E-state index < -0.39 is 0 Å². The predicted octanol–water partition coefficient (Wildman–Crippen LogP) is 3.69. The van der Waals surface area contributed by atoms with Crippen molar-refractivity contribution in [1.29, 1.82) is 0 Å². The van der Waals surface area contributed by atoms with E-state index >= 15 is 0 Å². The number of hydrogen-bond acceptors (Lipinski definition) is 2. The SMILES string of the molecule is COCc1ccc(CNC(C)Cc2ccc(F)cc2)cc1. The summed E-state index contributed by atoms with van der Waals surface area (Å²) in [5, 5.41) is 3.49. The molecule has 0 aliphatic carbocycles. The van der Waals surface area contributed by atoms with Crippen molar-refractivity contribution in [3.63, 3.8) is 0 Å². The quantitative estimate of drug-likeness (QED) is 0.838. The minimum Gasteiger partial charge on any atom is -0.380 e. The lowest BCUT2D eigenvalue weighted by molar-refractivity contribution is 0.185. The fourth-order valence-electron chi connectivity index (χ4n) is 2.26. The summed E-state index contributed by atoms with van der Waals surface area (Å²) in [4.78, 5) is 0. The molecule has 1 atom stereocenters. The molecule has 21 heavy (non-hydrogen) atoms. The van der Waals surface area contributed by atoms with Crippen molar-refractivity contribution in [2.45, 2.75) is 32.5 Å². The summed E-state index contributed by atoms with van der Waals surface area (Å²) in [6.07, 6.45) is 0.891. The zero-order valence-corrected chi connectivity index (χ0v) is 12.6. The van der Waals surface area contributed by atoms with E-state index in [-0.39, 0.29) is 5.82 Å². The van der Waals surface area contributed by atoms with Crippen LogP contribution in [0.1, 0.15) is 23.6 Å². The summed E-state index contributed by atoms with van der Waals surface area (Å²) < 4.78 is 18.0. The number of rotatable bonds is 7. The summed E-state index contributed by atoms with van der Waals surface area (Å²) in [5.74, 6) is -0.185. The van der Waals surface area contributed by atoms with Crippen molar-refractivity contribution in [1.82, 2.24) is 5.32 Å². The van der Waals surface area contributed by atoms with E-state index in [1.54, 1.807) is 7.11 Å². The maximum Gasteiger partial charge on any atom is 0.123 e. The molecule has 0 fully saturated rings. The first-order valence-corrected chi connectivity index (χ1v) is 7.22. The molecule has 0 saturated heterocycles. The first-order chi connectivity index (χ1) is 10.2. The van der Waals surface area contributed by atoms with Crippen molar-refractivity contribution in [2.24, 2.45) is 0 Å². The first-order valence-electron chi connectivity index (χ1n) is 7.22. The summed E-state index contributed by atoms with van der Waals surface area (Å²) in [7, 11) is 1.70. The molecular weight excluding hydrogens is 265 g/mol. The molecule has 0 heterocycles. The first kappa shape index (κ1) is 15.7. The molecule has 3 heteroatoms. The van der Waals surface area contributed by atoms with E-state index in [2.05, 4.69) is 36.5 Å². The molecule has 0 aliphatic heterocycles. The zero-order valence-electron chi connectivity index (χ0n) is 12.6. The van der Waals surface area contributed by atoms with Crippen LogP contribution in [0, 0.1) is 5.82 Å². The Bertz CT molecular complexity index is 536. The molecule has 1 N–H and O–H groups in total. The maximum atomic E-state index is 12.9. The fourth-order valence-corrected chi connectivity index (χ4v) is 2.26. The Morgan fingerprint density at radius 3 is 2.14 bits per heavy atom. The van der Waals surface area contributed by atoms with Gasteiger partial charge in [0.25, 0.3) is 0 Å². The van der Waals surface area contributed by atoms with E-state index in [4.69, 9.17) is 4.74 Å². The van der Waals surface area contributed by atoms with Gasteiger partial charge in [-0.1, -0.05) is 36.4 Å². The topological polar surface area (TPSA) is 21.3 Å². The highest BCUT2D eigenvalue weighted by Gasteiger charge is 2.04. The van der Waals surface area contributed by atoms with E-state index in [1.807, 2.05) is 12.1 Å². The van der Waals surface area contributed by atoms with Gasteiger partial charge in [-0.15, -0.1) is 0 Å². The molecule has 0 aromatic heterocycles. The summed E-state index contributed by atoms with van der Waals surface area (Å²) in [6.45, 7) is 3.62. The van der Waals surface area contributed by atoms with Crippen LogP contribution >= 0.6 is 0 Å². The zero-order chi connectivity index (χ0) is 15.1. The third-order valence-corrected chi connectivity index (χ3v) is 3.44. The average molecular weight is 287 g/mol. The second-order valence-electron chi connectivity index (χ2n) is 5.36. The molecule has 2 nitrogen and oxygen atoms in total. The minimum absolute atomic E-state index is 0.185. The molecule has 0 saturated carbocycles. The molecule has 0 aliphatic rings. The highest BCUT2D eigenvalue weighted by Crippen LogP contribution is 2.08. The van der Waals surface area contributed by atoms with Crippen LogP contribution in [-0.4, -0.2) is 13.2 Å². The molecule has 0 bridgehead atoms. The molecule has 0 radical (unpaired) electrons. The Kier molecular flexibility index (Phi) is 5.90. The summed E-state index contributed by atoms with van der Waals surface area (Å²) >= 11 is 0. The summed E-state index contributed by atoms with van der Waals surface area (Å²) in [6, 6.07) is 15.5. The highest BCUT2D eigenvalue weighted by atomic mass is 19.1. The largest absolute Gasteiger partial charge is 0.380 e. The smallest absolute Gasteiger partial charge is 0.123 e. The van der Waals surface area contributed by atoms with Crippen LogP contribution in [-0.2, 0) is 24.3 Å². The molecule has 2 aromatic rings. The predicted molar refractivity (Wildman–Crippen MR) is 83.6 cm³/mol. The highest BCUT2D eigenvalue weighted by molar-refractivity contribution is 5.22. The number of ether oxygens (including phenoxy) is 1. The lowest BCUT2D eigenvalue weighted by atomic mass is 10.1. The average Bonchev–Trinajstić information content (AvgIpc) is 2.49. The third kappa shape index (κ3) is 5.29. The van der Waals surface area contributed by atoms with Crippen molar-refractivity contribution in [2.75, 3.05) is 7.11 Å². The molecular formula is C18H22FNO. The van der Waals surface area contributed by atoms with Gasteiger partial charge in [0.15, 0.2) is 0 Å². The van der Waals surface area contributed by atoms with Gasteiger partial charge in [-0.05, 0) is 42.2 Å². The van der Waals surface area contributed by atoms with Crippen LogP contribution in [0.25, 0.3) is 0 Å². The molecule has 0 spiro atoms. The fraction of sp³-hybridized carbons (Fsp3) is 0.333. The number of methoxy groups -OCH3 is 1. The Labute approximate surface area is 126 Å². The van der Waals surface area contributed by atoms with E-state index in [1.165, 1.54) is 23.3 Å². The molecule has 2 aromatic carbocycles. The number of nitrogens with one attached hydrogen (secondary N) is 1. The van der Waals surface area contributed by atoms with Gasteiger partial charge < -0.3 is 10.1 Å². The molecule has 2 rings (SSSR count). The van der Waals surface area contributed by atoms with Crippen LogP contribution in [0.3, 0.4) is 0 Å². The summed E-state index contributed by atoms with van der Waals surface area (Å²) in [5.41, 5.74) is 3.58. The van der Waals surface area contributed by atoms with Gasteiger partial charge in [0, 0.05) is 19.7 Å². The second kappa shape index (κ2) is 7.91. The Morgan fingerprint density at radius 2 is 1.52 bits per heavy atom. The molecule has 1 unspecified atom stereocenters. The van der Waals surface area contributed by atoms with Crippen LogP contribution in [0.5, 0.6) is 0 Å². The van der Waals surface area contributed by atoms with E-state index in [0.717, 1.165) is 18.5 Å². The Balaban J connectivity index is 1.80. The monoisotopic (exact) mass is 287 g/mol. The second-order valence-corrected chi connectivity index (χ2v) is 5.36. The maximum absolute atomic E-state index is 12.9. The van der Waals surface area contributed by atoms with Gasteiger partial charge in [0.2, 0.25) is 0 Å². The lowest BCUT2D eigenvalue weighted by Gasteiger charge is -2.14. The van der Waals surface area contributed by atoms with E-state index in [0.29, 0.717) is 12.6 Å². The van der Waals surface area contributed by atoms with E-state index in [9.17, 15) is 4.39 Å². The van der Waals surface area contributed by atoms with Gasteiger partial charge >= 0.3 is 0 Å². The van der Waals surface area contributed by atoms with Crippen LogP contribution in [0.2, 0.25) is 0 Å². The lowest BCUT2D eigenvalue weighted by Crippen LogP contribution is -2.27. The van der Waals surface area contributed by atoms with Gasteiger partial charge in [-0.2, -0.15) is 0 Å². The Morgan fingerprint density at radius 1 is 0.952 bits per heavy atom. The van der Waals surface area contributed by atoms with Crippen molar-refractivity contribution in [3.05, 3.63) is 71.0 Å². The van der Waals surface area contributed by atoms with Crippen molar-refractivity contribution in [3.8, 4) is 0 Å². The van der Waals surface area contributed by atoms with Crippen molar-refractivity contribution < 1.29 is 9.13 Å². The number of hydrogen-bond donors (Lipinski definition) is 1. The van der Waals surface area contributed by atoms with Gasteiger partial charge in [0.1, 0.15) is 5.82 Å². The standard InChI is InChI=1S/C18H22FNO/c1-14(11-15-7-9-18(19)10-8-15)20-12-16-3-5-17(6-4-16)13-21-2/h3-10,14,20H,11-13H2,1-2H3. The number of halogens is 1. The van der Waals surface area contributed by atoms with Gasteiger partial charge in [-0.25, -0.2) is 4.39 Å². The molecule has 112 valence electrons. The van der Waals surface area contributed by atoms with Crippen LogP contribution < -0.4 is 5.32 Å². The molecule has 0 amide bonds. The minimum atomic E-state index is -0.185. The number of benzene rings is 2. The van der Waals surface area contributed by atoms with Crippen LogP contribution in [0.15, 0.2) is 48.5 Å². The van der Waals surface area contributed by atoms with Crippen molar-refractivity contribution >= 4 is 0 Å². The van der Waals surface area contributed by atoms with Gasteiger partial charge in [-0.3, -0.25) is 0 Å². The van der Waals surface area contributed by atoms with Crippen LogP contribution in [0.4, 0.5) is 4.39 Å².